The average Bonchev–Trinajstić information content (AvgIpc) is 3.44. The highest BCUT2D eigenvalue weighted by Gasteiger charge is 2.66. The zero-order valence-corrected chi connectivity index (χ0v) is 31.4. The molecule has 0 aromatic heterocycles. The monoisotopic (exact) mass is 679 g/mol. The first kappa shape index (κ1) is 40.4. The molecule has 48 heavy (non-hydrogen) atoms. The highest BCUT2D eigenvalue weighted by Crippen LogP contribution is 2.69. The van der Waals surface area contributed by atoms with E-state index in [1.54, 1.807) is 0 Å². The number of hydrogen-bond acceptors (Lipinski definition) is 9. The van der Waals surface area contributed by atoms with Crippen molar-refractivity contribution in [3.05, 3.63) is 0 Å². The summed E-state index contributed by atoms with van der Waals surface area (Å²) in [6.07, 6.45) is 17.0. The summed E-state index contributed by atoms with van der Waals surface area (Å²) >= 11 is 0. The number of rotatable bonds is 24. The van der Waals surface area contributed by atoms with Gasteiger partial charge in [-0.3, -0.25) is 0 Å². The molecule has 0 unspecified atom stereocenters. The molecule has 4 rings (SSSR count). The molecule has 10 N–H and O–H groups in total. The normalized spacial score (nSPS) is 36.8. The van der Waals surface area contributed by atoms with Crippen molar-refractivity contribution >= 4 is 0 Å². The van der Waals surface area contributed by atoms with Crippen LogP contribution in [0.15, 0.2) is 0 Å². The van der Waals surface area contributed by atoms with E-state index in [0.717, 1.165) is 91.1 Å². The Hall–Kier alpha value is -0.360. The van der Waals surface area contributed by atoms with Crippen LogP contribution in [0.25, 0.3) is 0 Å². The van der Waals surface area contributed by atoms with Crippen molar-refractivity contribution < 1.29 is 14.2 Å². The lowest BCUT2D eigenvalue weighted by atomic mass is 9.43. The van der Waals surface area contributed by atoms with E-state index in [4.69, 9.17) is 37.1 Å². The molecule has 0 heterocycles. The van der Waals surface area contributed by atoms with Crippen LogP contribution < -0.4 is 33.6 Å². The zero-order valence-electron chi connectivity index (χ0n) is 31.4. The number of nitrogens with one attached hydrogen (secondary N) is 2. The standard InChI is InChI=1S/C39H78N6O3/c1-29(10-4-19-44-21-9-22-45-20-5-15-40)32-11-12-33-37-34(28-36(39(32,33)3)48-25-8-18-43)38(2)14-13-31(46-23-6-16-41)26-30(38)27-35(37)47-24-7-17-42/h29-37,44-45H,4-28,40-43H2,1-3H3/t29-,30-,31-,32-,33+,34+,35-,36+,37+,38+,39-/m1/s1. The van der Waals surface area contributed by atoms with Gasteiger partial charge >= 0.3 is 0 Å². The first-order valence-electron chi connectivity index (χ1n) is 20.4. The number of nitrogens with two attached hydrogens (primary N) is 4. The zero-order chi connectivity index (χ0) is 34.4. The van der Waals surface area contributed by atoms with Gasteiger partial charge in [-0.1, -0.05) is 20.8 Å². The maximum absolute atomic E-state index is 7.02. The first-order chi connectivity index (χ1) is 23.3. The third kappa shape index (κ3) is 9.94. The Labute approximate surface area is 294 Å². The fourth-order valence-electron chi connectivity index (χ4n) is 11.2. The molecule has 11 atom stereocenters. The van der Waals surface area contributed by atoms with Gasteiger partial charge in [-0.2, -0.15) is 0 Å². The summed E-state index contributed by atoms with van der Waals surface area (Å²) in [6, 6.07) is 0. The van der Waals surface area contributed by atoms with Crippen LogP contribution in [0.5, 0.6) is 0 Å². The van der Waals surface area contributed by atoms with Gasteiger partial charge < -0.3 is 47.8 Å². The Kier molecular flexibility index (Phi) is 17.4. The molecular formula is C39H78N6O3. The minimum atomic E-state index is 0.166. The fourth-order valence-corrected chi connectivity index (χ4v) is 11.2. The van der Waals surface area contributed by atoms with Crippen LogP contribution in [0.3, 0.4) is 0 Å². The second-order valence-corrected chi connectivity index (χ2v) is 16.6. The quantitative estimate of drug-likeness (QED) is 0.0815. The smallest absolute Gasteiger partial charge is 0.0637 e. The molecule has 0 saturated heterocycles. The molecule has 4 aliphatic carbocycles. The highest BCUT2D eigenvalue weighted by atomic mass is 16.5. The summed E-state index contributed by atoms with van der Waals surface area (Å²) in [5, 5.41) is 7.19. The summed E-state index contributed by atoms with van der Waals surface area (Å²) in [7, 11) is 0. The highest BCUT2D eigenvalue weighted by molar-refractivity contribution is 5.15. The lowest BCUT2D eigenvalue weighted by molar-refractivity contribution is -0.227. The molecule has 0 spiro atoms. The third-order valence-electron chi connectivity index (χ3n) is 13.8. The average molecular weight is 679 g/mol. The van der Waals surface area contributed by atoms with Crippen LogP contribution in [0.2, 0.25) is 0 Å². The van der Waals surface area contributed by atoms with Gasteiger partial charge in [0.1, 0.15) is 0 Å². The van der Waals surface area contributed by atoms with Crippen LogP contribution >= 0.6 is 0 Å². The number of hydrogen-bond donors (Lipinski definition) is 6. The van der Waals surface area contributed by atoms with Crippen molar-refractivity contribution in [3.8, 4) is 0 Å². The van der Waals surface area contributed by atoms with Crippen molar-refractivity contribution in [1.82, 2.24) is 10.6 Å². The molecule has 9 heteroatoms. The van der Waals surface area contributed by atoms with Crippen LogP contribution in [0, 0.1) is 46.3 Å². The third-order valence-corrected chi connectivity index (χ3v) is 13.8. The van der Waals surface area contributed by atoms with Gasteiger partial charge in [0.25, 0.3) is 0 Å². The number of fused-ring (bicyclic) bond motifs is 5. The largest absolute Gasteiger partial charge is 0.378 e. The molecule has 0 bridgehead atoms. The minimum Gasteiger partial charge on any atom is -0.378 e. The summed E-state index contributed by atoms with van der Waals surface area (Å²) in [5.74, 6) is 3.83. The van der Waals surface area contributed by atoms with Crippen molar-refractivity contribution in [2.75, 3.05) is 72.2 Å². The summed E-state index contributed by atoms with van der Waals surface area (Å²) in [5.41, 5.74) is 23.8. The van der Waals surface area contributed by atoms with E-state index in [9.17, 15) is 0 Å². The van der Waals surface area contributed by atoms with E-state index in [-0.39, 0.29) is 11.5 Å². The Morgan fingerprint density at radius 3 is 1.98 bits per heavy atom. The molecule has 4 fully saturated rings. The predicted molar refractivity (Wildman–Crippen MR) is 199 cm³/mol. The molecular weight excluding hydrogens is 600 g/mol. The minimum absolute atomic E-state index is 0.166. The molecule has 4 aliphatic rings. The summed E-state index contributed by atoms with van der Waals surface area (Å²) in [6.45, 7) is 17.3. The first-order valence-corrected chi connectivity index (χ1v) is 20.4. The van der Waals surface area contributed by atoms with E-state index in [2.05, 4.69) is 31.4 Å². The van der Waals surface area contributed by atoms with E-state index in [0.29, 0.717) is 72.8 Å². The van der Waals surface area contributed by atoms with Gasteiger partial charge in [0, 0.05) is 25.2 Å². The molecule has 4 saturated carbocycles. The molecule has 0 aromatic carbocycles. The SMILES string of the molecule is C[C@H](CCCNCCCNCCCN)[C@H]1CC[C@H]2[C@@H]3[C@H](OCCCN)C[C@H]4C[C@H](OCCCN)CC[C@]4(C)[C@H]3C[C@H](OCCCN)[C@]12C. The second-order valence-electron chi connectivity index (χ2n) is 16.6. The lowest BCUT2D eigenvalue weighted by Crippen LogP contribution is -2.63. The van der Waals surface area contributed by atoms with Gasteiger partial charge in [0.15, 0.2) is 0 Å². The van der Waals surface area contributed by atoms with Gasteiger partial charge in [0.05, 0.1) is 18.3 Å². The molecule has 282 valence electrons. The van der Waals surface area contributed by atoms with Gasteiger partial charge in [0.2, 0.25) is 0 Å². The topological polar surface area (TPSA) is 156 Å². The fraction of sp³-hybridized carbons (Fsp3) is 1.00. The van der Waals surface area contributed by atoms with Crippen molar-refractivity contribution in [1.29, 1.82) is 0 Å². The Bertz CT molecular complexity index is 885. The van der Waals surface area contributed by atoms with Crippen molar-refractivity contribution in [2.45, 2.75) is 129 Å². The predicted octanol–water partition coefficient (Wildman–Crippen LogP) is 4.40. The van der Waals surface area contributed by atoms with Crippen molar-refractivity contribution in [2.24, 2.45) is 69.3 Å². The van der Waals surface area contributed by atoms with Crippen LogP contribution in [0.4, 0.5) is 0 Å². The maximum atomic E-state index is 7.02. The summed E-state index contributed by atoms with van der Waals surface area (Å²) < 4.78 is 20.3. The molecule has 0 radical (unpaired) electrons. The van der Waals surface area contributed by atoms with E-state index in [1.165, 1.54) is 51.4 Å². The van der Waals surface area contributed by atoms with Crippen molar-refractivity contribution in [3.63, 3.8) is 0 Å². The summed E-state index contributed by atoms with van der Waals surface area (Å²) in [4.78, 5) is 0. The maximum Gasteiger partial charge on any atom is 0.0637 e. The van der Waals surface area contributed by atoms with Gasteiger partial charge in [-0.05, 0) is 183 Å². The second kappa shape index (κ2) is 20.6. The molecule has 0 aliphatic heterocycles. The lowest BCUT2D eigenvalue weighted by Gasteiger charge is -2.65. The van der Waals surface area contributed by atoms with E-state index < -0.39 is 0 Å². The Morgan fingerprint density at radius 1 is 0.667 bits per heavy atom. The van der Waals surface area contributed by atoms with Crippen LogP contribution in [-0.2, 0) is 14.2 Å². The van der Waals surface area contributed by atoms with Crippen LogP contribution in [-0.4, -0.2) is 90.5 Å². The molecule has 9 nitrogen and oxygen atoms in total. The van der Waals surface area contributed by atoms with Gasteiger partial charge in [-0.15, -0.1) is 0 Å². The molecule has 0 amide bonds. The van der Waals surface area contributed by atoms with E-state index in [1.807, 2.05) is 0 Å². The van der Waals surface area contributed by atoms with E-state index >= 15 is 0 Å². The Balaban J connectivity index is 1.46. The van der Waals surface area contributed by atoms with Crippen LogP contribution in [0.1, 0.15) is 111 Å². The molecule has 0 aromatic rings. The van der Waals surface area contributed by atoms with Gasteiger partial charge in [-0.25, -0.2) is 0 Å². The Morgan fingerprint density at radius 2 is 1.29 bits per heavy atom. The number of ether oxygens (including phenoxy) is 3.